The smallest absolute Gasteiger partial charge is 0.260 e. The largest absolute Gasteiger partial charge is 0.484 e. The number of carbonyl (C=O) groups excluding carboxylic acids is 1. The third-order valence-corrected chi connectivity index (χ3v) is 3.44. The second kappa shape index (κ2) is 6.88. The van der Waals surface area contributed by atoms with E-state index in [1.54, 1.807) is 18.1 Å². The van der Waals surface area contributed by atoms with Crippen molar-refractivity contribution in [2.24, 2.45) is 0 Å². The molecule has 0 aliphatic rings. The topological polar surface area (TPSA) is 42.4 Å². The highest BCUT2D eigenvalue weighted by molar-refractivity contribution is 5.77. The SMILES string of the molecule is Cc1cccc(OCC(=O)N(C)[C@@H](C)c2ccccn2)c1. The van der Waals surface area contributed by atoms with Crippen LogP contribution in [0.2, 0.25) is 0 Å². The lowest BCUT2D eigenvalue weighted by atomic mass is 10.2. The molecule has 21 heavy (non-hydrogen) atoms. The lowest BCUT2D eigenvalue weighted by molar-refractivity contribution is -0.134. The van der Waals surface area contributed by atoms with Crippen molar-refractivity contribution in [1.29, 1.82) is 0 Å². The Morgan fingerprint density at radius 2 is 2.10 bits per heavy atom. The van der Waals surface area contributed by atoms with E-state index in [9.17, 15) is 4.79 Å². The number of aromatic nitrogens is 1. The summed E-state index contributed by atoms with van der Waals surface area (Å²) >= 11 is 0. The molecule has 1 atom stereocenters. The molecule has 1 heterocycles. The van der Waals surface area contributed by atoms with Crippen molar-refractivity contribution in [3.05, 3.63) is 59.9 Å². The van der Waals surface area contributed by atoms with Crippen LogP contribution >= 0.6 is 0 Å². The van der Waals surface area contributed by atoms with E-state index in [4.69, 9.17) is 4.74 Å². The number of aryl methyl sites for hydroxylation is 1. The van der Waals surface area contributed by atoms with Crippen LogP contribution in [0.25, 0.3) is 0 Å². The highest BCUT2D eigenvalue weighted by atomic mass is 16.5. The van der Waals surface area contributed by atoms with Gasteiger partial charge in [-0.3, -0.25) is 9.78 Å². The Labute approximate surface area is 125 Å². The molecule has 2 rings (SSSR count). The van der Waals surface area contributed by atoms with Gasteiger partial charge in [-0.2, -0.15) is 0 Å². The number of nitrogens with zero attached hydrogens (tertiary/aromatic N) is 2. The quantitative estimate of drug-likeness (QED) is 0.847. The van der Waals surface area contributed by atoms with Crippen LogP contribution in [-0.2, 0) is 4.79 Å². The highest BCUT2D eigenvalue weighted by Crippen LogP contribution is 2.17. The van der Waals surface area contributed by atoms with E-state index in [1.165, 1.54) is 0 Å². The maximum Gasteiger partial charge on any atom is 0.260 e. The number of ether oxygens (including phenoxy) is 1. The van der Waals surface area contributed by atoms with Gasteiger partial charge in [0.2, 0.25) is 0 Å². The van der Waals surface area contributed by atoms with Crippen molar-refractivity contribution in [2.75, 3.05) is 13.7 Å². The van der Waals surface area contributed by atoms with E-state index in [0.717, 1.165) is 11.3 Å². The Balaban J connectivity index is 1.94. The van der Waals surface area contributed by atoms with Crippen LogP contribution in [0.5, 0.6) is 5.75 Å². The first-order valence-corrected chi connectivity index (χ1v) is 6.94. The first-order valence-electron chi connectivity index (χ1n) is 6.94. The van der Waals surface area contributed by atoms with Gasteiger partial charge in [0, 0.05) is 13.2 Å². The third kappa shape index (κ3) is 4.05. The Kier molecular flexibility index (Phi) is 4.93. The van der Waals surface area contributed by atoms with E-state index in [2.05, 4.69) is 4.98 Å². The number of pyridine rings is 1. The summed E-state index contributed by atoms with van der Waals surface area (Å²) in [4.78, 5) is 18.1. The molecule has 4 heteroatoms. The van der Waals surface area contributed by atoms with Crippen molar-refractivity contribution in [2.45, 2.75) is 19.9 Å². The van der Waals surface area contributed by atoms with Crippen molar-refractivity contribution in [1.82, 2.24) is 9.88 Å². The normalized spacial score (nSPS) is 11.8. The van der Waals surface area contributed by atoms with E-state index in [0.29, 0.717) is 5.75 Å². The monoisotopic (exact) mass is 284 g/mol. The van der Waals surface area contributed by atoms with Crippen LogP contribution < -0.4 is 4.74 Å². The summed E-state index contributed by atoms with van der Waals surface area (Å²) in [6.07, 6.45) is 1.73. The average Bonchev–Trinajstić information content (AvgIpc) is 2.52. The predicted molar refractivity (Wildman–Crippen MR) is 82.1 cm³/mol. The summed E-state index contributed by atoms with van der Waals surface area (Å²) in [6, 6.07) is 13.3. The fraction of sp³-hybridized carbons (Fsp3) is 0.294. The third-order valence-electron chi connectivity index (χ3n) is 3.44. The summed E-state index contributed by atoms with van der Waals surface area (Å²) in [5.74, 6) is 0.636. The molecule has 0 aliphatic carbocycles. The van der Waals surface area contributed by atoms with Gasteiger partial charge in [0.1, 0.15) is 5.75 Å². The molecule has 0 fully saturated rings. The van der Waals surface area contributed by atoms with Crippen molar-refractivity contribution in [3.8, 4) is 5.75 Å². The van der Waals surface area contributed by atoms with Crippen LogP contribution in [0.4, 0.5) is 0 Å². The van der Waals surface area contributed by atoms with Gasteiger partial charge in [-0.15, -0.1) is 0 Å². The van der Waals surface area contributed by atoms with Gasteiger partial charge in [0.25, 0.3) is 5.91 Å². The maximum atomic E-state index is 12.2. The predicted octanol–water partition coefficient (Wildman–Crippen LogP) is 2.99. The molecule has 0 saturated heterocycles. The van der Waals surface area contributed by atoms with E-state index >= 15 is 0 Å². The van der Waals surface area contributed by atoms with Crippen molar-refractivity contribution < 1.29 is 9.53 Å². The van der Waals surface area contributed by atoms with Crippen molar-refractivity contribution >= 4 is 5.91 Å². The summed E-state index contributed by atoms with van der Waals surface area (Å²) in [5, 5.41) is 0. The molecule has 0 radical (unpaired) electrons. The molecule has 1 aromatic carbocycles. The Morgan fingerprint density at radius 1 is 1.29 bits per heavy atom. The van der Waals surface area contributed by atoms with Gasteiger partial charge in [-0.25, -0.2) is 0 Å². The molecule has 0 aliphatic heterocycles. The zero-order chi connectivity index (χ0) is 15.2. The lowest BCUT2D eigenvalue weighted by Crippen LogP contribution is -2.34. The van der Waals surface area contributed by atoms with Gasteiger partial charge < -0.3 is 9.64 Å². The van der Waals surface area contributed by atoms with Gasteiger partial charge in [0.05, 0.1) is 11.7 Å². The molecule has 1 amide bonds. The fourth-order valence-electron chi connectivity index (χ4n) is 1.99. The minimum Gasteiger partial charge on any atom is -0.484 e. The minimum atomic E-state index is -0.0835. The molecular weight excluding hydrogens is 264 g/mol. The number of benzene rings is 1. The molecule has 0 spiro atoms. The number of rotatable bonds is 5. The summed E-state index contributed by atoms with van der Waals surface area (Å²) < 4.78 is 5.54. The van der Waals surface area contributed by atoms with Gasteiger partial charge in [0.15, 0.2) is 6.61 Å². The standard InChI is InChI=1S/C17H20N2O2/c1-13-7-6-8-15(11-13)21-12-17(20)19(3)14(2)16-9-4-5-10-18-16/h4-11,14H,12H2,1-3H3/t14-/m0/s1. The number of carbonyl (C=O) groups is 1. The highest BCUT2D eigenvalue weighted by Gasteiger charge is 2.18. The number of hydrogen-bond acceptors (Lipinski definition) is 3. The molecule has 0 unspecified atom stereocenters. The summed E-state index contributed by atoms with van der Waals surface area (Å²) in [7, 11) is 1.77. The second-order valence-corrected chi connectivity index (χ2v) is 5.04. The van der Waals surface area contributed by atoms with Crippen LogP contribution in [0.15, 0.2) is 48.7 Å². The fourth-order valence-corrected chi connectivity index (χ4v) is 1.99. The molecule has 4 nitrogen and oxygen atoms in total. The van der Waals surface area contributed by atoms with Crippen LogP contribution in [0.3, 0.4) is 0 Å². The second-order valence-electron chi connectivity index (χ2n) is 5.04. The van der Waals surface area contributed by atoms with Crippen LogP contribution in [-0.4, -0.2) is 29.4 Å². The molecular formula is C17H20N2O2. The van der Waals surface area contributed by atoms with E-state index in [1.807, 2.05) is 56.3 Å². The van der Waals surface area contributed by atoms with Crippen LogP contribution in [0, 0.1) is 6.92 Å². The summed E-state index contributed by atoms with van der Waals surface area (Å²) in [5.41, 5.74) is 1.97. The number of amides is 1. The lowest BCUT2D eigenvalue weighted by Gasteiger charge is -2.24. The van der Waals surface area contributed by atoms with Gasteiger partial charge >= 0.3 is 0 Å². The van der Waals surface area contributed by atoms with Gasteiger partial charge in [-0.1, -0.05) is 18.2 Å². The Morgan fingerprint density at radius 3 is 2.76 bits per heavy atom. The van der Waals surface area contributed by atoms with E-state index < -0.39 is 0 Å². The zero-order valence-corrected chi connectivity index (χ0v) is 12.6. The number of likely N-dealkylation sites (N-methyl/N-ethyl adjacent to an activating group) is 1. The first kappa shape index (κ1) is 15.0. The Hall–Kier alpha value is -2.36. The molecule has 0 saturated carbocycles. The molecule has 2 aromatic rings. The maximum absolute atomic E-state index is 12.2. The summed E-state index contributed by atoms with van der Waals surface area (Å²) in [6.45, 7) is 3.97. The Bertz CT molecular complexity index is 599. The van der Waals surface area contributed by atoms with Crippen LogP contribution in [0.1, 0.15) is 24.2 Å². The molecule has 1 aromatic heterocycles. The average molecular weight is 284 g/mol. The first-order chi connectivity index (χ1) is 10.1. The minimum absolute atomic E-state index is 0.0249. The molecule has 110 valence electrons. The van der Waals surface area contributed by atoms with E-state index in [-0.39, 0.29) is 18.6 Å². The van der Waals surface area contributed by atoms with Gasteiger partial charge in [-0.05, 0) is 43.7 Å². The molecule has 0 N–H and O–H groups in total. The zero-order valence-electron chi connectivity index (χ0n) is 12.6. The number of hydrogen-bond donors (Lipinski definition) is 0. The van der Waals surface area contributed by atoms with Crippen molar-refractivity contribution in [3.63, 3.8) is 0 Å². The molecule has 0 bridgehead atoms.